The second kappa shape index (κ2) is 11.5. The quantitative estimate of drug-likeness (QED) is 0.283. The maximum absolute atomic E-state index is 14.0. The van der Waals surface area contributed by atoms with E-state index in [1.165, 1.54) is 12.1 Å². The predicted octanol–water partition coefficient (Wildman–Crippen LogP) is 4.79. The summed E-state index contributed by atoms with van der Waals surface area (Å²) in [7, 11) is 9.21. The van der Waals surface area contributed by atoms with Crippen LogP contribution in [0.25, 0.3) is 22.2 Å². The molecule has 0 spiro atoms. The number of benzene rings is 2. The lowest BCUT2D eigenvalue weighted by Gasteiger charge is -2.26. The molecule has 2 heterocycles. The number of methoxy groups -OCH3 is 1. The van der Waals surface area contributed by atoms with E-state index in [1.807, 2.05) is 32.1 Å². The number of hydrogen-bond donors (Lipinski definition) is 2. The molecule has 0 aliphatic rings. The van der Waals surface area contributed by atoms with Gasteiger partial charge >= 0.3 is 0 Å². The highest BCUT2D eigenvalue weighted by molar-refractivity contribution is 6.02. The van der Waals surface area contributed by atoms with Gasteiger partial charge in [-0.1, -0.05) is 6.58 Å². The van der Waals surface area contributed by atoms with Gasteiger partial charge in [-0.3, -0.25) is 4.79 Å². The number of carbonyl (C=O) groups excluding carboxylic acids is 1. The summed E-state index contributed by atoms with van der Waals surface area (Å²) in [6.07, 6.45) is 4.53. The SMILES string of the molecule is C=CC(=O)Nc1cc(Nc2nccc(-c3cn(C)c4cc(F)c(F)cc34)n2)c(OC)cc1N(C)CCN(C)C. The normalized spacial score (nSPS) is 11.1. The van der Waals surface area contributed by atoms with Crippen molar-refractivity contribution in [3.05, 3.63) is 67.0 Å². The lowest BCUT2D eigenvalue weighted by Crippen LogP contribution is -2.29. The van der Waals surface area contributed by atoms with Gasteiger partial charge in [0.15, 0.2) is 11.6 Å². The largest absolute Gasteiger partial charge is 0.494 e. The van der Waals surface area contributed by atoms with Crippen molar-refractivity contribution in [2.45, 2.75) is 0 Å². The number of aryl methyl sites for hydroxylation is 1. The minimum Gasteiger partial charge on any atom is -0.494 e. The van der Waals surface area contributed by atoms with Gasteiger partial charge in [0.1, 0.15) is 5.75 Å². The Morgan fingerprint density at radius 1 is 1.13 bits per heavy atom. The van der Waals surface area contributed by atoms with Gasteiger partial charge in [0.25, 0.3) is 0 Å². The Labute approximate surface area is 225 Å². The maximum Gasteiger partial charge on any atom is 0.247 e. The van der Waals surface area contributed by atoms with Crippen molar-refractivity contribution in [3.8, 4) is 17.0 Å². The molecular formula is C28H31F2N7O2. The molecule has 0 saturated carbocycles. The molecule has 0 aliphatic carbocycles. The van der Waals surface area contributed by atoms with Gasteiger partial charge in [0.2, 0.25) is 11.9 Å². The van der Waals surface area contributed by atoms with Crippen LogP contribution >= 0.6 is 0 Å². The Morgan fingerprint density at radius 2 is 1.87 bits per heavy atom. The standard InChI is InChI=1S/C28H31F2N7O2/c1-7-27(38)32-22-14-23(26(39-6)15-25(22)36(4)11-10-35(2)3)34-28-31-9-8-21(33-28)18-16-37(5)24-13-20(30)19(29)12-17(18)24/h7-9,12-16H,1,10-11H2,2-6H3,(H,32,38)(H,31,33,34). The first-order valence-corrected chi connectivity index (χ1v) is 12.2. The van der Waals surface area contributed by atoms with Crippen LogP contribution in [0.1, 0.15) is 0 Å². The molecule has 204 valence electrons. The third-order valence-corrected chi connectivity index (χ3v) is 6.26. The van der Waals surface area contributed by atoms with Gasteiger partial charge in [0, 0.05) is 62.7 Å². The fourth-order valence-corrected chi connectivity index (χ4v) is 4.18. The van der Waals surface area contributed by atoms with Crippen LogP contribution in [-0.4, -0.2) is 66.7 Å². The van der Waals surface area contributed by atoms with E-state index in [0.29, 0.717) is 45.8 Å². The second-order valence-electron chi connectivity index (χ2n) is 9.32. The van der Waals surface area contributed by atoms with Crippen LogP contribution in [-0.2, 0) is 11.8 Å². The van der Waals surface area contributed by atoms with Crippen molar-refractivity contribution >= 4 is 39.8 Å². The Kier molecular flexibility index (Phi) is 8.10. The molecule has 2 aromatic heterocycles. The molecular weight excluding hydrogens is 504 g/mol. The zero-order valence-electron chi connectivity index (χ0n) is 22.5. The summed E-state index contributed by atoms with van der Waals surface area (Å²) in [6, 6.07) is 7.58. The number of likely N-dealkylation sites (N-methyl/N-ethyl adjacent to an activating group) is 2. The van der Waals surface area contributed by atoms with E-state index < -0.39 is 11.6 Å². The average molecular weight is 536 g/mol. The van der Waals surface area contributed by atoms with Crippen LogP contribution in [0.3, 0.4) is 0 Å². The maximum atomic E-state index is 14.0. The molecule has 9 nitrogen and oxygen atoms in total. The number of nitrogens with zero attached hydrogens (tertiary/aromatic N) is 5. The smallest absolute Gasteiger partial charge is 0.247 e. The van der Waals surface area contributed by atoms with E-state index in [-0.39, 0.29) is 11.9 Å². The third-order valence-electron chi connectivity index (χ3n) is 6.26. The number of carbonyl (C=O) groups is 1. The molecule has 4 rings (SSSR count). The summed E-state index contributed by atoms with van der Waals surface area (Å²) < 4.78 is 35.3. The fraction of sp³-hybridized carbons (Fsp3) is 0.250. The highest BCUT2D eigenvalue weighted by Gasteiger charge is 2.18. The first-order valence-electron chi connectivity index (χ1n) is 12.2. The van der Waals surface area contributed by atoms with E-state index in [9.17, 15) is 13.6 Å². The summed E-state index contributed by atoms with van der Waals surface area (Å²) in [5, 5.41) is 6.55. The molecule has 4 aromatic rings. The Bertz CT molecular complexity index is 1530. The van der Waals surface area contributed by atoms with Gasteiger partial charge in [0.05, 0.1) is 35.4 Å². The molecule has 0 unspecified atom stereocenters. The van der Waals surface area contributed by atoms with Gasteiger partial charge in [-0.2, -0.15) is 0 Å². The highest BCUT2D eigenvalue weighted by Crippen LogP contribution is 2.38. The Morgan fingerprint density at radius 3 is 2.56 bits per heavy atom. The van der Waals surface area contributed by atoms with Gasteiger partial charge < -0.3 is 29.7 Å². The van der Waals surface area contributed by atoms with Crippen molar-refractivity contribution in [3.63, 3.8) is 0 Å². The molecule has 0 aliphatic heterocycles. The van der Waals surface area contributed by atoms with Gasteiger partial charge in [-0.25, -0.2) is 18.7 Å². The summed E-state index contributed by atoms with van der Waals surface area (Å²) in [6.45, 7) is 5.06. The number of nitrogens with one attached hydrogen (secondary N) is 2. The van der Waals surface area contributed by atoms with Crippen molar-refractivity contribution in [2.75, 3.05) is 56.9 Å². The summed E-state index contributed by atoms with van der Waals surface area (Å²) >= 11 is 0. The van der Waals surface area contributed by atoms with Crippen LogP contribution in [0.4, 0.5) is 31.8 Å². The zero-order chi connectivity index (χ0) is 28.3. The van der Waals surface area contributed by atoms with Crippen molar-refractivity contribution < 1.29 is 18.3 Å². The third kappa shape index (κ3) is 5.99. The molecule has 0 fully saturated rings. The van der Waals surface area contributed by atoms with E-state index in [0.717, 1.165) is 18.3 Å². The Balaban J connectivity index is 1.73. The Hall–Kier alpha value is -4.51. The number of hydrogen-bond acceptors (Lipinski definition) is 7. The first kappa shape index (κ1) is 27.5. The van der Waals surface area contributed by atoms with E-state index in [4.69, 9.17) is 4.74 Å². The molecule has 11 heteroatoms. The van der Waals surface area contributed by atoms with Crippen LogP contribution in [0, 0.1) is 11.6 Å². The molecule has 0 radical (unpaired) electrons. The van der Waals surface area contributed by atoms with Gasteiger partial charge in [-0.15, -0.1) is 0 Å². The number of fused-ring (bicyclic) bond motifs is 1. The minimum absolute atomic E-state index is 0.250. The van der Waals surface area contributed by atoms with Crippen LogP contribution in [0.2, 0.25) is 0 Å². The lowest BCUT2D eigenvalue weighted by molar-refractivity contribution is -0.111. The van der Waals surface area contributed by atoms with Crippen LogP contribution in [0.15, 0.2) is 55.4 Å². The number of anilines is 4. The topological polar surface area (TPSA) is 87.5 Å². The molecule has 0 bridgehead atoms. The molecule has 1 amide bonds. The number of amides is 1. The molecule has 2 N–H and O–H groups in total. The number of aromatic nitrogens is 3. The number of rotatable bonds is 10. The summed E-state index contributed by atoms with van der Waals surface area (Å²) in [4.78, 5) is 25.2. The highest BCUT2D eigenvalue weighted by atomic mass is 19.2. The molecule has 39 heavy (non-hydrogen) atoms. The van der Waals surface area contributed by atoms with Crippen molar-refractivity contribution in [2.24, 2.45) is 7.05 Å². The monoisotopic (exact) mass is 535 g/mol. The second-order valence-corrected chi connectivity index (χ2v) is 9.32. The minimum atomic E-state index is -0.933. The number of halogens is 2. The van der Waals surface area contributed by atoms with Gasteiger partial charge in [-0.05, 0) is 38.4 Å². The average Bonchev–Trinajstić information content (AvgIpc) is 3.22. The van der Waals surface area contributed by atoms with Crippen LogP contribution in [0.5, 0.6) is 5.75 Å². The van der Waals surface area contributed by atoms with Crippen molar-refractivity contribution in [1.29, 1.82) is 0 Å². The first-order chi connectivity index (χ1) is 18.6. The molecule has 0 saturated heterocycles. The lowest BCUT2D eigenvalue weighted by atomic mass is 10.1. The molecule has 0 atom stereocenters. The van der Waals surface area contributed by atoms with E-state index in [1.54, 1.807) is 43.3 Å². The fourth-order valence-electron chi connectivity index (χ4n) is 4.18. The van der Waals surface area contributed by atoms with E-state index in [2.05, 4.69) is 32.1 Å². The van der Waals surface area contributed by atoms with Crippen LogP contribution < -0.4 is 20.3 Å². The number of ether oxygens (including phenoxy) is 1. The zero-order valence-corrected chi connectivity index (χ0v) is 22.5. The summed E-state index contributed by atoms with van der Waals surface area (Å²) in [5.41, 5.74) is 3.50. The van der Waals surface area contributed by atoms with Crippen molar-refractivity contribution in [1.82, 2.24) is 19.4 Å². The predicted molar refractivity (Wildman–Crippen MR) is 151 cm³/mol. The summed E-state index contributed by atoms with van der Waals surface area (Å²) in [5.74, 6) is -1.44. The molecule has 2 aromatic carbocycles. The van der Waals surface area contributed by atoms with E-state index >= 15 is 0 Å².